The van der Waals surface area contributed by atoms with Crippen molar-refractivity contribution in [1.82, 2.24) is 0 Å². The third-order valence-corrected chi connectivity index (χ3v) is 4.90. The van der Waals surface area contributed by atoms with Crippen LogP contribution in [0.15, 0.2) is 41.3 Å². The first-order valence-electron chi connectivity index (χ1n) is 6.07. The number of ketones is 2. The van der Waals surface area contributed by atoms with E-state index in [1.165, 1.54) is 12.1 Å². The van der Waals surface area contributed by atoms with Crippen LogP contribution < -0.4 is 5.73 Å². The summed E-state index contributed by atoms with van der Waals surface area (Å²) in [6.45, 7) is 3.17. The maximum atomic E-state index is 12.6. The van der Waals surface area contributed by atoms with Gasteiger partial charge in [0.2, 0.25) is 11.6 Å². The number of benzene rings is 1. The zero-order valence-electron chi connectivity index (χ0n) is 11.5. The first kappa shape index (κ1) is 16.2. The second kappa shape index (κ2) is 5.56. The average Bonchev–Trinajstić information content (AvgIpc) is 2.50. The quantitative estimate of drug-likeness (QED) is 0.205. The number of carbonyl (C=O) groups is 3. The standard InChI is InChI=1S/C14H9N3O5S/c1-7(13(15)20)14(17-16)23(21,22)11-4-2-3-9-8(11)5-6-10(18)12(9)19/h2-6H,1H2,(H2,15,20). The van der Waals surface area contributed by atoms with Gasteiger partial charge >= 0.3 is 5.04 Å². The fourth-order valence-electron chi connectivity index (χ4n) is 2.00. The molecule has 2 N–H and O–H groups in total. The highest BCUT2D eigenvalue weighted by molar-refractivity contribution is 8.06. The van der Waals surface area contributed by atoms with Crippen LogP contribution in [0.2, 0.25) is 0 Å². The molecule has 1 amide bonds. The summed E-state index contributed by atoms with van der Waals surface area (Å²) in [5.74, 6) is -2.84. The first-order valence-corrected chi connectivity index (χ1v) is 7.56. The van der Waals surface area contributed by atoms with Crippen molar-refractivity contribution < 1.29 is 27.6 Å². The van der Waals surface area contributed by atoms with Crippen LogP contribution >= 0.6 is 0 Å². The molecule has 1 aliphatic rings. The molecular weight excluding hydrogens is 322 g/mol. The van der Waals surface area contributed by atoms with E-state index in [1.807, 2.05) is 0 Å². The number of carbonyl (C=O) groups excluding carboxylic acids is 3. The summed E-state index contributed by atoms with van der Waals surface area (Å²) in [6, 6.07) is 3.68. The number of Topliss-reactive ketones (excluding diaryl/α,β-unsaturated/α-hetero) is 1. The molecule has 23 heavy (non-hydrogen) atoms. The number of hydrogen-bond donors (Lipinski definition) is 1. The largest absolute Gasteiger partial charge is 0.421 e. The predicted octanol–water partition coefficient (Wildman–Crippen LogP) is -0.0913. The Hall–Kier alpha value is -3.16. The van der Waals surface area contributed by atoms with Gasteiger partial charge in [-0.3, -0.25) is 14.4 Å². The smallest absolute Gasteiger partial charge is 0.365 e. The van der Waals surface area contributed by atoms with E-state index >= 15 is 0 Å². The van der Waals surface area contributed by atoms with Crippen LogP contribution in [0, 0.1) is 0 Å². The third-order valence-electron chi connectivity index (χ3n) is 3.13. The van der Waals surface area contributed by atoms with E-state index in [0.29, 0.717) is 0 Å². The molecule has 116 valence electrons. The van der Waals surface area contributed by atoms with Crippen molar-refractivity contribution in [2.75, 3.05) is 0 Å². The van der Waals surface area contributed by atoms with Gasteiger partial charge in [-0.2, -0.15) is 4.79 Å². The van der Waals surface area contributed by atoms with Crippen molar-refractivity contribution in [2.45, 2.75) is 4.90 Å². The van der Waals surface area contributed by atoms with Crippen LogP contribution in [0.1, 0.15) is 15.9 Å². The van der Waals surface area contributed by atoms with E-state index in [2.05, 4.69) is 11.4 Å². The molecule has 0 heterocycles. The number of allylic oxidation sites excluding steroid dienone is 1. The zero-order chi connectivity index (χ0) is 17.4. The molecule has 0 aliphatic heterocycles. The monoisotopic (exact) mass is 331 g/mol. The zero-order valence-corrected chi connectivity index (χ0v) is 12.3. The van der Waals surface area contributed by atoms with E-state index in [1.54, 1.807) is 0 Å². The fraction of sp³-hybridized carbons (Fsp3) is 0. The maximum absolute atomic E-state index is 12.6. The number of amides is 1. The lowest BCUT2D eigenvalue weighted by Crippen LogP contribution is -2.28. The molecule has 0 saturated heterocycles. The van der Waals surface area contributed by atoms with Gasteiger partial charge in [0.15, 0.2) is 0 Å². The Balaban J connectivity index is 2.75. The molecule has 0 bridgehead atoms. The number of fused-ring (bicyclic) bond motifs is 1. The summed E-state index contributed by atoms with van der Waals surface area (Å²) in [7, 11) is -4.49. The van der Waals surface area contributed by atoms with E-state index in [9.17, 15) is 22.8 Å². The summed E-state index contributed by atoms with van der Waals surface area (Å²) in [6.07, 6.45) is 2.09. The number of hydrogen-bond acceptors (Lipinski definition) is 5. The minimum absolute atomic E-state index is 0.0458. The lowest BCUT2D eigenvalue weighted by Gasteiger charge is -2.12. The highest BCUT2D eigenvalue weighted by atomic mass is 32.2. The number of primary amides is 1. The van der Waals surface area contributed by atoms with Gasteiger partial charge in [0.1, 0.15) is 5.57 Å². The minimum atomic E-state index is -4.49. The minimum Gasteiger partial charge on any atom is -0.365 e. The summed E-state index contributed by atoms with van der Waals surface area (Å²) < 4.78 is 25.2. The Morgan fingerprint density at radius 1 is 1.22 bits per heavy atom. The van der Waals surface area contributed by atoms with Crippen LogP contribution in [0.5, 0.6) is 0 Å². The second-order valence-corrected chi connectivity index (χ2v) is 6.33. The van der Waals surface area contributed by atoms with Crippen molar-refractivity contribution in [1.29, 1.82) is 0 Å². The van der Waals surface area contributed by atoms with Gasteiger partial charge in [-0.15, -0.1) is 0 Å². The van der Waals surface area contributed by atoms with Gasteiger partial charge in [0, 0.05) is 11.1 Å². The Kier molecular flexibility index (Phi) is 3.92. The Morgan fingerprint density at radius 2 is 1.87 bits per heavy atom. The van der Waals surface area contributed by atoms with E-state index in [4.69, 9.17) is 11.3 Å². The number of sulfone groups is 1. The van der Waals surface area contributed by atoms with Crippen LogP contribution in [0.25, 0.3) is 11.6 Å². The molecule has 0 unspecified atom stereocenters. The van der Waals surface area contributed by atoms with E-state index in [0.717, 1.165) is 18.2 Å². The number of nitrogens with two attached hydrogens (primary N) is 1. The Labute approximate surface area is 130 Å². The third kappa shape index (κ3) is 2.54. The van der Waals surface area contributed by atoms with Crippen molar-refractivity contribution in [3.05, 3.63) is 53.1 Å². The maximum Gasteiger partial charge on any atom is 0.421 e. The van der Waals surface area contributed by atoms with Crippen molar-refractivity contribution >= 4 is 38.4 Å². The molecule has 0 radical (unpaired) electrons. The second-order valence-electron chi connectivity index (χ2n) is 4.50. The molecular formula is C14H9N3O5S. The summed E-state index contributed by atoms with van der Waals surface area (Å²) in [5.41, 5.74) is 13.0. The molecule has 2 rings (SSSR count). The number of nitrogens with zero attached hydrogens (tertiary/aromatic N) is 2. The SMILES string of the molecule is C=C(C(N)=O)C(=[N+]=[N-])S(=O)(=O)c1cccc2c1C=CC(=O)C2=O. The van der Waals surface area contributed by atoms with E-state index in [-0.39, 0.29) is 11.1 Å². The first-order chi connectivity index (χ1) is 10.7. The Morgan fingerprint density at radius 3 is 2.43 bits per heavy atom. The molecule has 1 aliphatic carbocycles. The van der Waals surface area contributed by atoms with Crippen LogP contribution in [0.3, 0.4) is 0 Å². The molecule has 0 saturated carbocycles. The Bertz CT molecular complexity index is 966. The van der Waals surface area contributed by atoms with E-state index < -0.39 is 42.8 Å². The number of rotatable bonds is 3. The van der Waals surface area contributed by atoms with Gasteiger partial charge in [-0.05, 0) is 18.2 Å². The van der Waals surface area contributed by atoms with Crippen molar-refractivity contribution in [3.63, 3.8) is 0 Å². The molecule has 0 fully saturated rings. The van der Waals surface area contributed by atoms with Gasteiger partial charge in [-0.1, -0.05) is 18.7 Å². The van der Waals surface area contributed by atoms with Crippen LogP contribution in [0.4, 0.5) is 0 Å². The predicted molar refractivity (Wildman–Crippen MR) is 79.0 cm³/mol. The van der Waals surface area contributed by atoms with Gasteiger partial charge in [0.05, 0.1) is 4.90 Å². The highest BCUT2D eigenvalue weighted by Crippen LogP contribution is 2.27. The summed E-state index contributed by atoms with van der Waals surface area (Å²) in [5, 5.41) is -1.03. The molecule has 1 aromatic rings. The normalized spacial score (nSPS) is 13.2. The molecule has 0 spiro atoms. The van der Waals surface area contributed by atoms with Crippen LogP contribution in [-0.4, -0.2) is 35.7 Å². The van der Waals surface area contributed by atoms with Gasteiger partial charge in [0.25, 0.3) is 15.7 Å². The lowest BCUT2D eigenvalue weighted by atomic mass is 9.95. The average molecular weight is 331 g/mol. The summed E-state index contributed by atoms with van der Waals surface area (Å²) >= 11 is 0. The van der Waals surface area contributed by atoms with Gasteiger partial charge in [-0.25, -0.2) is 8.42 Å². The lowest BCUT2D eigenvalue weighted by molar-refractivity contribution is -0.114. The van der Waals surface area contributed by atoms with Gasteiger partial charge < -0.3 is 11.3 Å². The van der Waals surface area contributed by atoms with Crippen molar-refractivity contribution in [3.8, 4) is 0 Å². The molecule has 0 atom stereocenters. The molecule has 9 heteroatoms. The summed E-state index contributed by atoms with van der Waals surface area (Å²) in [4.78, 5) is 36.5. The fourth-order valence-corrected chi connectivity index (χ4v) is 3.47. The molecule has 1 aromatic carbocycles. The molecule has 8 nitrogen and oxygen atoms in total. The molecule has 0 aromatic heterocycles. The van der Waals surface area contributed by atoms with Crippen molar-refractivity contribution in [2.24, 2.45) is 5.73 Å². The highest BCUT2D eigenvalue weighted by Gasteiger charge is 2.38. The van der Waals surface area contributed by atoms with Crippen LogP contribution in [-0.2, 0) is 19.4 Å². The topological polar surface area (TPSA) is 148 Å².